The number of hydrogen-bond donors (Lipinski definition) is 0. The summed E-state index contributed by atoms with van der Waals surface area (Å²) in [7, 11) is 0. The maximum atomic E-state index is 4.82. The summed E-state index contributed by atoms with van der Waals surface area (Å²) in [6.45, 7) is 16.8. The summed E-state index contributed by atoms with van der Waals surface area (Å²) in [6.07, 6.45) is 2.05. The van der Waals surface area contributed by atoms with Crippen molar-refractivity contribution in [3.63, 3.8) is 0 Å². The van der Waals surface area contributed by atoms with Gasteiger partial charge in [0, 0.05) is 5.71 Å². The molecule has 0 amide bonds. The minimum Gasteiger partial charge on any atom is -0.661 e. The summed E-state index contributed by atoms with van der Waals surface area (Å²) < 4.78 is 0. The Hall–Kier alpha value is -3.62. The van der Waals surface area contributed by atoms with Crippen LogP contribution >= 0.6 is 0 Å². The first-order valence-corrected chi connectivity index (χ1v) is 13.0. The Morgan fingerprint density at radius 3 is 1.46 bits per heavy atom. The van der Waals surface area contributed by atoms with Gasteiger partial charge in [0.05, 0.1) is 5.69 Å². The number of allylic oxidation sites excluding steroid dienone is 2. The maximum absolute atomic E-state index is 4.82. The van der Waals surface area contributed by atoms with E-state index in [0.29, 0.717) is 0 Å². The molecule has 4 heteroatoms. The molecule has 0 aliphatic carbocycles. The summed E-state index contributed by atoms with van der Waals surface area (Å²) in [6, 6.07) is 28.6. The van der Waals surface area contributed by atoms with E-state index in [1.54, 1.807) is 0 Å². The number of aryl methyl sites for hydroxylation is 6. The van der Waals surface area contributed by atoms with E-state index in [4.69, 9.17) is 10.3 Å². The van der Waals surface area contributed by atoms with Crippen LogP contribution < -0.4 is 0 Å². The van der Waals surface area contributed by atoms with E-state index in [2.05, 4.69) is 77.2 Å². The van der Waals surface area contributed by atoms with Gasteiger partial charge < -0.3 is 10.6 Å². The van der Waals surface area contributed by atoms with Crippen LogP contribution in [0.25, 0.3) is 10.6 Å². The van der Waals surface area contributed by atoms with Gasteiger partial charge in [-0.3, -0.25) is 4.99 Å². The second-order valence-electron chi connectivity index (χ2n) is 9.93. The summed E-state index contributed by atoms with van der Waals surface area (Å²) in [5, 5.41) is 9.26. The predicted octanol–water partition coefficient (Wildman–Crippen LogP) is 11.3. The number of benzene rings is 4. The second kappa shape index (κ2) is 15.1. The molecule has 0 spiro atoms. The zero-order valence-electron chi connectivity index (χ0n) is 24.3. The van der Waals surface area contributed by atoms with Gasteiger partial charge in [0.2, 0.25) is 0 Å². The Morgan fingerprint density at radius 1 is 0.615 bits per heavy atom. The number of nitrogens with zero attached hydrogens (tertiary/aromatic N) is 3. The molecule has 0 saturated carbocycles. The van der Waals surface area contributed by atoms with Gasteiger partial charge in [-0.2, -0.15) is 5.70 Å². The molecule has 0 radical (unpaired) electrons. The average molecular weight is 560 g/mol. The molecule has 4 aromatic carbocycles. The molecule has 39 heavy (non-hydrogen) atoms. The monoisotopic (exact) mass is 559 g/mol. The van der Waals surface area contributed by atoms with Crippen LogP contribution in [0.4, 0.5) is 22.7 Å². The van der Waals surface area contributed by atoms with Crippen molar-refractivity contribution in [2.24, 2.45) is 4.99 Å². The molecule has 0 unspecified atom stereocenters. The van der Waals surface area contributed by atoms with Crippen LogP contribution in [-0.4, -0.2) is 5.71 Å². The van der Waals surface area contributed by atoms with Crippen LogP contribution in [0, 0.1) is 41.5 Å². The van der Waals surface area contributed by atoms with Gasteiger partial charge in [-0.05, 0) is 59.6 Å². The predicted molar refractivity (Wildman–Crippen MR) is 166 cm³/mol. The van der Waals surface area contributed by atoms with E-state index in [1.807, 2.05) is 74.5 Å². The molecular formula is C35H39N3Ni. The van der Waals surface area contributed by atoms with Crippen molar-refractivity contribution in [1.82, 2.24) is 0 Å². The van der Waals surface area contributed by atoms with E-state index in [0.717, 1.165) is 34.2 Å². The largest absolute Gasteiger partial charge is 2.00 e. The van der Waals surface area contributed by atoms with Crippen molar-refractivity contribution < 1.29 is 16.5 Å². The SMILES string of the molecule is CC(/C=C(/C)[N-]c1c(C)cc(C)cc1C)=Nc1c(C)cc(C)cc1C.[Ni+2].c1ccc([N-]c2ccccc2)cc1. The Bertz CT molecular complexity index is 1340. The van der Waals surface area contributed by atoms with Gasteiger partial charge >= 0.3 is 16.5 Å². The maximum Gasteiger partial charge on any atom is 2.00 e. The first-order valence-electron chi connectivity index (χ1n) is 13.0. The van der Waals surface area contributed by atoms with Crippen molar-refractivity contribution in [2.75, 3.05) is 0 Å². The number of para-hydroxylation sites is 2. The van der Waals surface area contributed by atoms with Crippen molar-refractivity contribution in [2.45, 2.75) is 55.4 Å². The average Bonchev–Trinajstić information content (AvgIpc) is 2.85. The fourth-order valence-corrected chi connectivity index (χ4v) is 4.57. The van der Waals surface area contributed by atoms with Crippen molar-refractivity contribution in [3.05, 3.63) is 141 Å². The molecule has 4 rings (SSSR count). The molecule has 204 valence electrons. The molecule has 0 atom stereocenters. The fourth-order valence-electron chi connectivity index (χ4n) is 4.57. The van der Waals surface area contributed by atoms with Crippen molar-refractivity contribution >= 4 is 28.5 Å². The van der Waals surface area contributed by atoms with Crippen molar-refractivity contribution in [3.8, 4) is 0 Å². The van der Waals surface area contributed by atoms with Gasteiger partial charge in [0.15, 0.2) is 0 Å². The van der Waals surface area contributed by atoms with Crippen LogP contribution in [0.15, 0.2) is 102 Å². The molecule has 0 saturated heterocycles. The Morgan fingerprint density at radius 2 is 1.03 bits per heavy atom. The minimum atomic E-state index is 0. The van der Waals surface area contributed by atoms with E-state index >= 15 is 0 Å². The molecule has 3 nitrogen and oxygen atoms in total. The minimum absolute atomic E-state index is 0. The van der Waals surface area contributed by atoms with Gasteiger partial charge in [-0.25, -0.2) is 0 Å². The molecule has 0 N–H and O–H groups in total. The van der Waals surface area contributed by atoms with E-state index in [9.17, 15) is 0 Å². The smallest absolute Gasteiger partial charge is 0.661 e. The number of aliphatic imine (C=N–C) groups is 1. The molecular weight excluding hydrogens is 521 g/mol. The second-order valence-corrected chi connectivity index (χ2v) is 9.93. The zero-order chi connectivity index (χ0) is 27.7. The molecule has 0 aliphatic heterocycles. The van der Waals surface area contributed by atoms with Crippen LogP contribution in [0.1, 0.15) is 47.2 Å². The Labute approximate surface area is 245 Å². The van der Waals surface area contributed by atoms with Crippen LogP contribution in [0.3, 0.4) is 0 Å². The summed E-state index contributed by atoms with van der Waals surface area (Å²) >= 11 is 0. The first-order chi connectivity index (χ1) is 18.1. The normalized spacial score (nSPS) is 11.2. The molecule has 0 heterocycles. The third-order valence-electron chi connectivity index (χ3n) is 6.04. The Balaban J connectivity index is 0.000000319. The van der Waals surface area contributed by atoms with Crippen LogP contribution in [-0.2, 0) is 16.5 Å². The van der Waals surface area contributed by atoms with Crippen LogP contribution in [0.2, 0.25) is 0 Å². The van der Waals surface area contributed by atoms with Gasteiger partial charge in [-0.15, -0.1) is 17.1 Å². The molecule has 4 aromatic rings. The summed E-state index contributed by atoms with van der Waals surface area (Å²) in [5.41, 5.74) is 13.5. The summed E-state index contributed by atoms with van der Waals surface area (Å²) in [5.74, 6) is 0. The number of hydrogen-bond acceptors (Lipinski definition) is 1. The standard InChI is InChI=1S/C23H29N2.C12H10N.Ni/c1-14-9-16(3)22(17(4)10-14)24-20(7)13-21(8)25-23-18(5)11-15(2)12-19(23)6;1-3-7-11(8-4-1)13-12-9-5-2-6-10-12;/h9-13H,1-8H3;1-10H;/q2*-1;+2/b20-13-,25-21?;;. The molecule has 0 aromatic heterocycles. The third kappa shape index (κ3) is 9.89. The zero-order valence-corrected chi connectivity index (χ0v) is 25.3. The third-order valence-corrected chi connectivity index (χ3v) is 6.04. The van der Waals surface area contributed by atoms with Crippen molar-refractivity contribution in [1.29, 1.82) is 0 Å². The van der Waals surface area contributed by atoms with Crippen LogP contribution in [0.5, 0.6) is 0 Å². The van der Waals surface area contributed by atoms with Gasteiger partial charge in [0.1, 0.15) is 0 Å². The Kier molecular flexibility index (Phi) is 12.2. The number of rotatable bonds is 6. The van der Waals surface area contributed by atoms with E-state index < -0.39 is 0 Å². The van der Waals surface area contributed by atoms with E-state index in [-0.39, 0.29) is 16.5 Å². The van der Waals surface area contributed by atoms with Gasteiger partial charge in [0.25, 0.3) is 0 Å². The van der Waals surface area contributed by atoms with Gasteiger partial charge in [-0.1, -0.05) is 120 Å². The van der Waals surface area contributed by atoms with E-state index in [1.165, 1.54) is 33.4 Å². The first kappa shape index (κ1) is 31.6. The fraction of sp³-hybridized carbons (Fsp3) is 0.229. The summed E-state index contributed by atoms with van der Waals surface area (Å²) in [4.78, 5) is 4.82. The molecule has 0 bridgehead atoms. The molecule has 0 fully saturated rings. The quantitative estimate of drug-likeness (QED) is 0.166. The molecule has 0 aliphatic rings. The topological polar surface area (TPSA) is 40.6 Å².